The molecule has 0 heterocycles. The van der Waals surface area contributed by atoms with Gasteiger partial charge in [-0.25, -0.2) is 0 Å². The number of amides is 1. The first-order chi connectivity index (χ1) is 10.5. The maximum atomic E-state index is 12.6. The molecule has 0 unspecified atom stereocenters. The molecule has 0 atom stereocenters. The number of aryl methyl sites for hydroxylation is 1. The maximum absolute atomic E-state index is 12.6. The third-order valence-corrected chi connectivity index (χ3v) is 4.25. The van der Waals surface area contributed by atoms with E-state index in [-0.39, 0.29) is 5.91 Å². The highest BCUT2D eigenvalue weighted by Crippen LogP contribution is 2.20. The predicted molar refractivity (Wildman–Crippen MR) is 89.9 cm³/mol. The number of thioether (sulfide) groups is 1. The number of rotatable bonds is 4. The number of nitriles is 1. The van der Waals surface area contributed by atoms with E-state index >= 15 is 0 Å². The van der Waals surface area contributed by atoms with Crippen molar-refractivity contribution in [2.45, 2.75) is 18.4 Å². The van der Waals surface area contributed by atoms with Crippen LogP contribution in [0.2, 0.25) is 0 Å². The quantitative estimate of drug-likeness (QED) is 0.805. The van der Waals surface area contributed by atoms with Gasteiger partial charge in [-0.3, -0.25) is 4.79 Å². The van der Waals surface area contributed by atoms with Gasteiger partial charge in [0.2, 0.25) is 0 Å². The third kappa shape index (κ3) is 3.69. The molecule has 112 valence electrons. The first-order valence-corrected chi connectivity index (χ1v) is 8.16. The van der Waals surface area contributed by atoms with Crippen molar-refractivity contribution < 1.29 is 4.79 Å². The highest BCUT2D eigenvalue weighted by atomic mass is 32.2. The van der Waals surface area contributed by atoms with Crippen molar-refractivity contribution in [2.24, 2.45) is 0 Å². The van der Waals surface area contributed by atoms with Gasteiger partial charge in [0.1, 0.15) is 0 Å². The van der Waals surface area contributed by atoms with Crippen LogP contribution in [0.4, 0.5) is 0 Å². The molecule has 0 aromatic heterocycles. The monoisotopic (exact) mass is 310 g/mol. The summed E-state index contributed by atoms with van der Waals surface area (Å²) in [6.07, 6.45) is 2.00. The topological polar surface area (TPSA) is 44.1 Å². The lowest BCUT2D eigenvalue weighted by Crippen LogP contribution is -2.26. The van der Waals surface area contributed by atoms with E-state index in [0.717, 1.165) is 21.6 Å². The normalized spacial score (nSPS) is 10.1. The number of benzene rings is 2. The molecular formula is C18H18N2OS. The van der Waals surface area contributed by atoms with Crippen LogP contribution in [0, 0.1) is 18.3 Å². The summed E-state index contributed by atoms with van der Waals surface area (Å²) in [5, 5.41) is 8.81. The molecule has 0 aliphatic rings. The highest BCUT2D eigenvalue weighted by molar-refractivity contribution is 7.98. The SMILES string of the molecule is CSc1ccc(C)c(C(=O)N(C)Cc2ccc(C#N)cc2)c1. The zero-order chi connectivity index (χ0) is 16.1. The fourth-order valence-corrected chi connectivity index (χ4v) is 2.63. The molecule has 0 aliphatic heterocycles. The molecule has 0 spiro atoms. The minimum absolute atomic E-state index is 0.0118. The average molecular weight is 310 g/mol. The zero-order valence-electron chi connectivity index (χ0n) is 13.0. The molecule has 2 aromatic rings. The Kier molecular flexibility index (Phi) is 5.24. The van der Waals surface area contributed by atoms with E-state index in [1.54, 1.807) is 35.8 Å². The van der Waals surface area contributed by atoms with Crippen LogP contribution in [0.15, 0.2) is 47.4 Å². The van der Waals surface area contributed by atoms with Crippen molar-refractivity contribution in [3.05, 3.63) is 64.7 Å². The Hall–Kier alpha value is -2.25. The Labute approximate surface area is 135 Å². The van der Waals surface area contributed by atoms with Crippen LogP contribution in [0.1, 0.15) is 27.0 Å². The zero-order valence-corrected chi connectivity index (χ0v) is 13.8. The van der Waals surface area contributed by atoms with Crippen molar-refractivity contribution in [1.29, 1.82) is 5.26 Å². The van der Waals surface area contributed by atoms with Gasteiger partial charge in [-0.2, -0.15) is 5.26 Å². The van der Waals surface area contributed by atoms with Gasteiger partial charge in [0.15, 0.2) is 0 Å². The summed E-state index contributed by atoms with van der Waals surface area (Å²) in [4.78, 5) is 15.4. The van der Waals surface area contributed by atoms with Gasteiger partial charge >= 0.3 is 0 Å². The van der Waals surface area contributed by atoms with Crippen LogP contribution >= 0.6 is 11.8 Å². The van der Waals surface area contributed by atoms with Crippen LogP contribution < -0.4 is 0 Å². The smallest absolute Gasteiger partial charge is 0.254 e. The van der Waals surface area contributed by atoms with Gasteiger partial charge in [-0.05, 0) is 48.6 Å². The average Bonchev–Trinajstić information content (AvgIpc) is 2.55. The first kappa shape index (κ1) is 16.1. The van der Waals surface area contributed by atoms with Crippen LogP contribution in [-0.4, -0.2) is 24.1 Å². The third-order valence-electron chi connectivity index (χ3n) is 3.52. The molecule has 3 nitrogen and oxygen atoms in total. The molecule has 0 fully saturated rings. The Balaban J connectivity index is 2.16. The molecule has 0 N–H and O–H groups in total. The molecular weight excluding hydrogens is 292 g/mol. The van der Waals surface area contributed by atoms with Crippen LogP contribution in [0.5, 0.6) is 0 Å². The molecule has 0 aliphatic carbocycles. The summed E-state index contributed by atoms with van der Waals surface area (Å²) >= 11 is 1.63. The van der Waals surface area contributed by atoms with E-state index in [1.807, 2.05) is 43.5 Å². The first-order valence-electron chi connectivity index (χ1n) is 6.94. The van der Waals surface area contributed by atoms with Gasteiger partial charge in [0, 0.05) is 24.1 Å². The molecule has 0 saturated heterocycles. The summed E-state index contributed by atoms with van der Waals surface area (Å²) in [5.74, 6) is 0.0118. The highest BCUT2D eigenvalue weighted by Gasteiger charge is 2.15. The minimum Gasteiger partial charge on any atom is -0.337 e. The number of carbonyl (C=O) groups is 1. The number of carbonyl (C=O) groups excluding carboxylic acids is 1. The van der Waals surface area contributed by atoms with E-state index in [0.29, 0.717) is 12.1 Å². The van der Waals surface area contributed by atoms with Crippen molar-refractivity contribution in [3.8, 4) is 6.07 Å². The fraction of sp³-hybridized carbons (Fsp3) is 0.222. The minimum atomic E-state index is 0.0118. The molecule has 4 heteroatoms. The molecule has 1 amide bonds. The summed E-state index contributed by atoms with van der Waals surface area (Å²) in [6, 6.07) is 15.3. The van der Waals surface area contributed by atoms with Crippen molar-refractivity contribution >= 4 is 17.7 Å². The van der Waals surface area contributed by atoms with Gasteiger partial charge in [-0.1, -0.05) is 18.2 Å². The van der Waals surface area contributed by atoms with Crippen LogP contribution in [0.3, 0.4) is 0 Å². The van der Waals surface area contributed by atoms with E-state index in [2.05, 4.69) is 6.07 Å². The maximum Gasteiger partial charge on any atom is 0.254 e. The summed E-state index contributed by atoms with van der Waals surface area (Å²) in [5.41, 5.74) is 3.35. The second kappa shape index (κ2) is 7.15. The van der Waals surface area contributed by atoms with E-state index < -0.39 is 0 Å². The number of nitrogens with zero attached hydrogens (tertiary/aromatic N) is 2. The standard InChI is InChI=1S/C18H18N2OS/c1-13-4-9-16(22-3)10-17(13)18(21)20(2)12-15-7-5-14(11-19)6-8-15/h4-10H,12H2,1-3H3. The lowest BCUT2D eigenvalue weighted by Gasteiger charge is -2.19. The van der Waals surface area contributed by atoms with E-state index in [4.69, 9.17) is 5.26 Å². The van der Waals surface area contributed by atoms with Crippen molar-refractivity contribution in [2.75, 3.05) is 13.3 Å². The van der Waals surface area contributed by atoms with Gasteiger partial charge in [-0.15, -0.1) is 11.8 Å². The van der Waals surface area contributed by atoms with Gasteiger partial charge in [0.25, 0.3) is 5.91 Å². The van der Waals surface area contributed by atoms with Gasteiger partial charge in [0.05, 0.1) is 11.6 Å². The summed E-state index contributed by atoms with van der Waals surface area (Å²) < 4.78 is 0. The van der Waals surface area contributed by atoms with Crippen molar-refractivity contribution in [1.82, 2.24) is 4.90 Å². The Morgan fingerprint density at radius 2 is 1.91 bits per heavy atom. The lowest BCUT2D eigenvalue weighted by molar-refractivity contribution is 0.0784. The molecule has 2 rings (SSSR count). The van der Waals surface area contributed by atoms with Crippen LogP contribution in [-0.2, 0) is 6.54 Å². The molecule has 2 aromatic carbocycles. The molecule has 0 radical (unpaired) electrons. The van der Waals surface area contributed by atoms with Crippen molar-refractivity contribution in [3.63, 3.8) is 0 Å². The second-order valence-corrected chi connectivity index (χ2v) is 6.03. The molecule has 0 bridgehead atoms. The largest absolute Gasteiger partial charge is 0.337 e. The van der Waals surface area contributed by atoms with E-state index in [1.165, 1.54) is 0 Å². The predicted octanol–water partition coefficient (Wildman–Crippen LogP) is 3.86. The lowest BCUT2D eigenvalue weighted by atomic mass is 10.1. The van der Waals surface area contributed by atoms with Crippen LogP contribution in [0.25, 0.3) is 0 Å². The number of hydrogen-bond acceptors (Lipinski definition) is 3. The number of hydrogen-bond donors (Lipinski definition) is 0. The van der Waals surface area contributed by atoms with Gasteiger partial charge < -0.3 is 4.90 Å². The molecule has 0 saturated carbocycles. The Morgan fingerprint density at radius 3 is 2.50 bits per heavy atom. The van der Waals surface area contributed by atoms with E-state index in [9.17, 15) is 4.79 Å². The fourth-order valence-electron chi connectivity index (χ4n) is 2.19. The summed E-state index contributed by atoms with van der Waals surface area (Å²) in [7, 11) is 1.80. The second-order valence-electron chi connectivity index (χ2n) is 5.15. The molecule has 22 heavy (non-hydrogen) atoms. The Morgan fingerprint density at radius 1 is 1.23 bits per heavy atom. The Bertz CT molecular complexity index is 717. The summed E-state index contributed by atoms with van der Waals surface area (Å²) in [6.45, 7) is 2.47.